The van der Waals surface area contributed by atoms with Crippen molar-refractivity contribution in [3.05, 3.63) is 66.6 Å². The lowest BCUT2D eigenvalue weighted by molar-refractivity contribution is 0.0784. The zero-order chi connectivity index (χ0) is 18.9. The van der Waals surface area contributed by atoms with E-state index < -0.39 is 10.0 Å². The molecule has 1 amide bonds. The molecule has 0 spiro atoms. The van der Waals surface area contributed by atoms with Crippen LogP contribution < -0.4 is 4.72 Å². The van der Waals surface area contributed by atoms with Crippen LogP contribution in [-0.2, 0) is 10.0 Å². The molecule has 1 N–H and O–H groups in total. The second-order valence-electron chi connectivity index (χ2n) is 6.44. The summed E-state index contributed by atoms with van der Waals surface area (Å²) in [6, 6.07) is 13.8. The fourth-order valence-corrected chi connectivity index (χ4v) is 4.42. The molecule has 1 aliphatic rings. The molecular formula is C19H18N4O3S. The third-order valence-electron chi connectivity index (χ3n) is 4.56. The Morgan fingerprint density at radius 3 is 2.74 bits per heavy atom. The number of rotatable bonds is 4. The Hall–Kier alpha value is -2.84. The van der Waals surface area contributed by atoms with Crippen LogP contribution in [0.5, 0.6) is 0 Å². The van der Waals surface area contributed by atoms with Gasteiger partial charge in [-0.05, 0) is 30.7 Å². The van der Waals surface area contributed by atoms with Gasteiger partial charge in [0.25, 0.3) is 5.91 Å². The van der Waals surface area contributed by atoms with E-state index in [0.717, 1.165) is 10.9 Å². The van der Waals surface area contributed by atoms with Crippen molar-refractivity contribution >= 4 is 26.8 Å². The summed E-state index contributed by atoms with van der Waals surface area (Å²) in [6.45, 7) is 0.800. The minimum absolute atomic E-state index is 0.121. The molecule has 0 aliphatic carbocycles. The van der Waals surface area contributed by atoms with E-state index in [4.69, 9.17) is 0 Å². The number of fused-ring (bicyclic) bond motifs is 1. The van der Waals surface area contributed by atoms with Crippen molar-refractivity contribution in [2.24, 2.45) is 0 Å². The summed E-state index contributed by atoms with van der Waals surface area (Å²) >= 11 is 0. The van der Waals surface area contributed by atoms with Gasteiger partial charge in [0.15, 0.2) is 0 Å². The summed E-state index contributed by atoms with van der Waals surface area (Å²) in [5, 5.41) is 0.763. The van der Waals surface area contributed by atoms with Crippen molar-refractivity contribution in [1.82, 2.24) is 19.6 Å². The summed E-state index contributed by atoms with van der Waals surface area (Å²) in [5.74, 6) is -0.190. The Morgan fingerprint density at radius 1 is 1.11 bits per heavy atom. The molecule has 1 fully saturated rings. The number of pyridine rings is 2. The number of para-hydroxylation sites is 1. The lowest BCUT2D eigenvalue weighted by Gasteiger charge is -2.17. The van der Waals surface area contributed by atoms with Crippen molar-refractivity contribution in [3.63, 3.8) is 0 Å². The first-order valence-corrected chi connectivity index (χ1v) is 10.1. The molecule has 2 aromatic heterocycles. The first kappa shape index (κ1) is 17.6. The lowest BCUT2D eigenvalue weighted by Crippen LogP contribution is -2.38. The van der Waals surface area contributed by atoms with Crippen LogP contribution in [0, 0.1) is 0 Å². The molecule has 0 radical (unpaired) electrons. The van der Waals surface area contributed by atoms with Crippen LogP contribution in [0.25, 0.3) is 10.9 Å². The van der Waals surface area contributed by atoms with Gasteiger partial charge in [0, 0.05) is 36.9 Å². The fourth-order valence-electron chi connectivity index (χ4n) is 3.18. The van der Waals surface area contributed by atoms with Gasteiger partial charge in [0.1, 0.15) is 10.6 Å². The van der Waals surface area contributed by atoms with E-state index in [2.05, 4.69) is 14.7 Å². The number of aromatic nitrogens is 2. The van der Waals surface area contributed by atoms with E-state index in [1.54, 1.807) is 35.4 Å². The monoisotopic (exact) mass is 382 g/mol. The van der Waals surface area contributed by atoms with Crippen LogP contribution in [0.4, 0.5) is 0 Å². The topological polar surface area (TPSA) is 92.3 Å². The molecule has 7 nitrogen and oxygen atoms in total. The van der Waals surface area contributed by atoms with Crippen LogP contribution in [0.15, 0.2) is 65.8 Å². The summed E-state index contributed by atoms with van der Waals surface area (Å²) in [7, 11) is -3.72. The van der Waals surface area contributed by atoms with Gasteiger partial charge in [-0.2, -0.15) is 0 Å². The molecule has 0 unspecified atom stereocenters. The van der Waals surface area contributed by atoms with Gasteiger partial charge < -0.3 is 4.90 Å². The van der Waals surface area contributed by atoms with Crippen LogP contribution >= 0.6 is 0 Å². The number of nitrogens with one attached hydrogen (secondary N) is 1. The third kappa shape index (κ3) is 3.67. The molecule has 1 aliphatic heterocycles. The molecule has 27 heavy (non-hydrogen) atoms. The maximum atomic E-state index is 12.7. The molecule has 3 aromatic rings. The third-order valence-corrected chi connectivity index (χ3v) is 6.04. The van der Waals surface area contributed by atoms with E-state index >= 15 is 0 Å². The van der Waals surface area contributed by atoms with Gasteiger partial charge in [-0.3, -0.25) is 14.8 Å². The highest BCUT2D eigenvalue weighted by atomic mass is 32.2. The zero-order valence-corrected chi connectivity index (χ0v) is 15.3. The predicted octanol–water partition coefficient (Wildman–Crippen LogP) is 1.82. The van der Waals surface area contributed by atoms with Crippen molar-refractivity contribution in [2.75, 3.05) is 13.1 Å². The highest BCUT2D eigenvalue weighted by molar-refractivity contribution is 7.89. The van der Waals surface area contributed by atoms with Gasteiger partial charge in [-0.25, -0.2) is 13.1 Å². The van der Waals surface area contributed by atoms with Gasteiger partial charge in [-0.1, -0.05) is 24.3 Å². The molecule has 4 rings (SSSR count). The van der Waals surface area contributed by atoms with Crippen molar-refractivity contribution in [1.29, 1.82) is 0 Å². The van der Waals surface area contributed by atoms with E-state index in [-0.39, 0.29) is 16.8 Å². The number of hydrogen-bond acceptors (Lipinski definition) is 5. The number of hydrogen-bond donors (Lipinski definition) is 1. The van der Waals surface area contributed by atoms with Gasteiger partial charge >= 0.3 is 0 Å². The minimum Gasteiger partial charge on any atom is -0.336 e. The molecule has 3 heterocycles. The molecule has 1 saturated heterocycles. The Kier molecular flexibility index (Phi) is 4.59. The zero-order valence-electron chi connectivity index (χ0n) is 14.4. The smallest absolute Gasteiger partial charge is 0.272 e. The second-order valence-corrected chi connectivity index (χ2v) is 8.15. The Bertz CT molecular complexity index is 1090. The van der Waals surface area contributed by atoms with Crippen LogP contribution in [0.2, 0.25) is 0 Å². The molecule has 0 saturated carbocycles. The molecule has 8 heteroatoms. The Balaban J connectivity index is 1.47. The molecule has 0 bridgehead atoms. The highest BCUT2D eigenvalue weighted by Gasteiger charge is 2.30. The number of likely N-dealkylation sites (tertiary alicyclic amines) is 1. The summed E-state index contributed by atoms with van der Waals surface area (Å²) < 4.78 is 28.1. The summed E-state index contributed by atoms with van der Waals surface area (Å²) in [6.07, 6.45) is 3.48. The maximum Gasteiger partial charge on any atom is 0.272 e. The van der Waals surface area contributed by atoms with Crippen LogP contribution in [0.1, 0.15) is 16.9 Å². The average molecular weight is 382 g/mol. The predicted molar refractivity (Wildman–Crippen MR) is 101 cm³/mol. The number of carbonyl (C=O) groups is 1. The van der Waals surface area contributed by atoms with E-state index in [1.165, 1.54) is 6.20 Å². The molecule has 138 valence electrons. The first-order valence-electron chi connectivity index (χ1n) is 8.60. The van der Waals surface area contributed by atoms with Crippen molar-refractivity contribution in [2.45, 2.75) is 17.4 Å². The maximum absolute atomic E-state index is 12.7. The molecule has 1 atom stereocenters. The summed E-state index contributed by atoms with van der Waals surface area (Å²) in [5.41, 5.74) is 1.10. The lowest BCUT2D eigenvalue weighted by atomic mass is 10.2. The number of amides is 1. The number of sulfonamides is 1. The largest absolute Gasteiger partial charge is 0.336 e. The SMILES string of the molecule is O=C(c1ccccn1)N1CC[C@@H](NS(=O)(=O)c2cnc3ccccc3c2)C1. The van der Waals surface area contributed by atoms with Crippen LogP contribution in [0.3, 0.4) is 0 Å². The Morgan fingerprint density at radius 2 is 1.93 bits per heavy atom. The fraction of sp³-hybridized carbons (Fsp3) is 0.211. The normalized spacial score (nSPS) is 17.3. The van der Waals surface area contributed by atoms with Gasteiger partial charge in [0.2, 0.25) is 10.0 Å². The number of benzene rings is 1. The first-order chi connectivity index (χ1) is 13.0. The standard InChI is InChI=1S/C19H18N4O3S/c24-19(18-7-3-4-9-20-18)23-10-8-15(13-23)22-27(25,26)16-11-14-5-1-2-6-17(14)21-12-16/h1-7,9,11-12,15,22H,8,10,13H2/t15-/m1/s1. The van der Waals surface area contributed by atoms with Gasteiger partial charge in [0.05, 0.1) is 5.52 Å². The number of nitrogens with zero attached hydrogens (tertiary/aromatic N) is 3. The molecular weight excluding hydrogens is 364 g/mol. The van der Waals surface area contributed by atoms with Gasteiger partial charge in [-0.15, -0.1) is 0 Å². The highest BCUT2D eigenvalue weighted by Crippen LogP contribution is 2.19. The van der Waals surface area contributed by atoms with E-state index in [1.807, 2.05) is 24.3 Å². The van der Waals surface area contributed by atoms with E-state index in [9.17, 15) is 13.2 Å². The number of carbonyl (C=O) groups excluding carboxylic acids is 1. The Labute approximate surface area is 157 Å². The van der Waals surface area contributed by atoms with E-state index in [0.29, 0.717) is 25.2 Å². The van der Waals surface area contributed by atoms with Crippen molar-refractivity contribution in [3.8, 4) is 0 Å². The minimum atomic E-state index is -3.72. The summed E-state index contributed by atoms with van der Waals surface area (Å²) in [4.78, 5) is 22.5. The quantitative estimate of drug-likeness (QED) is 0.743. The average Bonchev–Trinajstić information content (AvgIpc) is 3.15. The molecule has 1 aromatic carbocycles. The second kappa shape index (κ2) is 7.05. The van der Waals surface area contributed by atoms with Crippen molar-refractivity contribution < 1.29 is 13.2 Å². The van der Waals surface area contributed by atoms with Crippen LogP contribution in [-0.4, -0.2) is 48.3 Å².